The van der Waals surface area contributed by atoms with Gasteiger partial charge < -0.3 is 15.4 Å². The summed E-state index contributed by atoms with van der Waals surface area (Å²) in [6.45, 7) is 3.70. The number of hydrogen-bond donors (Lipinski definition) is 2. The molecule has 30 heavy (non-hydrogen) atoms. The number of rotatable bonds is 4. The first-order valence-electron chi connectivity index (χ1n) is 9.86. The van der Waals surface area contributed by atoms with Gasteiger partial charge in [0.05, 0.1) is 35.2 Å². The topological polar surface area (TPSA) is 87.0 Å². The third kappa shape index (κ3) is 4.23. The van der Waals surface area contributed by atoms with Crippen LogP contribution in [0.4, 0.5) is 0 Å². The number of aromatic nitrogens is 1. The lowest BCUT2D eigenvalue weighted by Crippen LogP contribution is -2.49. The van der Waals surface area contributed by atoms with Crippen molar-refractivity contribution >= 4 is 5.91 Å². The van der Waals surface area contributed by atoms with Gasteiger partial charge in [0.25, 0.3) is 5.91 Å². The minimum absolute atomic E-state index is 0.245. The minimum Gasteiger partial charge on any atom is -0.356 e. The van der Waals surface area contributed by atoms with Gasteiger partial charge in [0, 0.05) is 18.7 Å². The molecule has 1 unspecified atom stereocenters. The highest BCUT2D eigenvalue weighted by Gasteiger charge is 2.23. The molecule has 1 aliphatic heterocycles. The second kappa shape index (κ2) is 8.87. The Kier molecular flexibility index (Phi) is 5.84. The molecule has 1 saturated heterocycles. The number of pyridine rings is 1. The van der Waals surface area contributed by atoms with Crippen molar-refractivity contribution in [3.63, 3.8) is 0 Å². The molecule has 1 fully saturated rings. The van der Waals surface area contributed by atoms with Crippen molar-refractivity contribution in [2.75, 3.05) is 19.7 Å². The summed E-state index contributed by atoms with van der Waals surface area (Å²) in [5.74, 6) is -0.245. The van der Waals surface area contributed by atoms with Crippen molar-refractivity contribution in [1.82, 2.24) is 15.6 Å². The molecule has 1 aliphatic rings. The first-order chi connectivity index (χ1) is 14.7. The molecule has 6 heteroatoms. The fourth-order valence-electron chi connectivity index (χ4n) is 3.58. The number of carbonyl (C=O) groups is 1. The number of aryl methyl sites for hydroxylation is 1. The first kappa shape index (κ1) is 19.8. The molecule has 6 nitrogen and oxygen atoms in total. The number of carbonyl (C=O) groups excluding carboxylic acids is 1. The SMILES string of the molecule is Cc1nc(-c2ccccc2)cc(-c2cccc(C#N)c2)c1C(=O)NC1CNCCO1. The number of nitrogens with one attached hydrogen (secondary N) is 2. The van der Waals surface area contributed by atoms with E-state index < -0.39 is 6.23 Å². The third-order valence-electron chi connectivity index (χ3n) is 5.02. The van der Waals surface area contributed by atoms with E-state index in [4.69, 9.17) is 9.72 Å². The quantitative estimate of drug-likeness (QED) is 0.704. The number of ether oxygens (including phenoxy) is 1. The van der Waals surface area contributed by atoms with Crippen LogP contribution in [0.1, 0.15) is 21.6 Å². The Labute approximate surface area is 175 Å². The second-order valence-electron chi connectivity index (χ2n) is 7.11. The Morgan fingerprint density at radius 1 is 1.17 bits per heavy atom. The maximum Gasteiger partial charge on any atom is 0.255 e. The van der Waals surface area contributed by atoms with E-state index in [0.29, 0.717) is 30.0 Å². The molecular formula is C24H22N4O2. The third-order valence-corrected chi connectivity index (χ3v) is 5.02. The number of hydrogen-bond acceptors (Lipinski definition) is 5. The Bertz CT molecular complexity index is 1100. The van der Waals surface area contributed by atoms with Crippen LogP contribution in [0.15, 0.2) is 60.7 Å². The van der Waals surface area contributed by atoms with Gasteiger partial charge in [0.15, 0.2) is 0 Å². The van der Waals surface area contributed by atoms with Crippen LogP contribution in [0.25, 0.3) is 22.4 Å². The summed E-state index contributed by atoms with van der Waals surface area (Å²) in [6, 6.07) is 21.2. The molecule has 2 heterocycles. The van der Waals surface area contributed by atoms with E-state index in [1.54, 1.807) is 12.1 Å². The maximum atomic E-state index is 13.2. The number of nitrogens with zero attached hydrogens (tertiary/aromatic N) is 2. The molecule has 0 spiro atoms. The largest absolute Gasteiger partial charge is 0.356 e. The Morgan fingerprint density at radius 3 is 2.70 bits per heavy atom. The average molecular weight is 398 g/mol. The zero-order valence-corrected chi connectivity index (χ0v) is 16.7. The van der Waals surface area contributed by atoms with Gasteiger partial charge in [-0.2, -0.15) is 5.26 Å². The van der Waals surface area contributed by atoms with E-state index in [2.05, 4.69) is 16.7 Å². The number of benzene rings is 2. The van der Waals surface area contributed by atoms with E-state index in [0.717, 1.165) is 28.9 Å². The van der Waals surface area contributed by atoms with Crippen LogP contribution < -0.4 is 10.6 Å². The Hall–Kier alpha value is -3.53. The summed E-state index contributed by atoms with van der Waals surface area (Å²) in [6.07, 6.45) is -0.391. The zero-order valence-electron chi connectivity index (χ0n) is 16.7. The fraction of sp³-hybridized carbons (Fsp3) is 0.208. The van der Waals surface area contributed by atoms with Crippen LogP contribution in [0.2, 0.25) is 0 Å². The highest BCUT2D eigenvalue weighted by atomic mass is 16.5. The predicted molar refractivity (Wildman–Crippen MR) is 115 cm³/mol. The Balaban J connectivity index is 1.81. The monoisotopic (exact) mass is 398 g/mol. The molecule has 150 valence electrons. The lowest BCUT2D eigenvalue weighted by atomic mass is 9.95. The van der Waals surface area contributed by atoms with Crippen LogP contribution in [0.5, 0.6) is 0 Å². The van der Waals surface area contributed by atoms with Crippen LogP contribution in [-0.4, -0.2) is 36.8 Å². The lowest BCUT2D eigenvalue weighted by Gasteiger charge is -2.25. The van der Waals surface area contributed by atoms with Gasteiger partial charge in [0.2, 0.25) is 0 Å². The lowest BCUT2D eigenvalue weighted by molar-refractivity contribution is 0.00834. The number of nitriles is 1. The van der Waals surface area contributed by atoms with Crippen molar-refractivity contribution in [2.45, 2.75) is 13.2 Å². The summed E-state index contributed by atoms with van der Waals surface area (Å²) in [4.78, 5) is 17.9. The van der Waals surface area contributed by atoms with E-state index in [-0.39, 0.29) is 5.91 Å². The molecule has 4 rings (SSSR count). The maximum absolute atomic E-state index is 13.2. The van der Waals surface area contributed by atoms with Crippen LogP contribution >= 0.6 is 0 Å². The fourth-order valence-corrected chi connectivity index (χ4v) is 3.58. The van der Waals surface area contributed by atoms with Crippen molar-refractivity contribution in [2.24, 2.45) is 0 Å². The summed E-state index contributed by atoms with van der Waals surface area (Å²) in [7, 11) is 0. The molecule has 1 aromatic heterocycles. The summed E-state index contributed by atoms with van der Waals surface area (Å²) < 4.78 is 5.63. The molecule has 3 aromatic rings. The van der Waals surface area contributed by atoms with Gasteiger partial charge in [-0.25, -0.2) is 0 Å². The van der Waals surface area contributed by atoms with Gasteiger partial charge in [-0.3, -0.25) is 9.78 Å². The van der Waals surface area contributed by atoms with Crippen molar-refractivity contribution in [3.8, 4) is 28.5 Å². The van der Waals surface area contributed by atoms with Gasteiger partial charge in [-0.15, -0.1) is 0 Å². The first-order valence-corrected chi connectivity index (χ1v) is 9.86. The Morgan fingerprint density at radius 2 is 1.97 bits per heavy atom. The molecule has 0 radical (unpaired) electrons. The summed E-state index contributed by atoms with van der Waals surface area (Å²) in [5.41, 5.74) is 4.91. The van der Waals surface area contributed by atoms with Crippen LogP contribution in [-0.2, 0) is 4.74 Å². The van der Waals surface area contributed by atoms with E-state index >= 15 is 0 Å². The molecule has 2 aromatic carbocycles. The van der Waals surface area contributed by atoms with E-state index in [1.807, 2.05) is 55.5 Å². The normalized spacial score (nSPS) is 15.9. The van der Waals surface area contributed by atoms with Crippen molar-refractivity contribution < 1.29 is 9.53 Å². The zero-order chi connectivity index (χ0) is 20.9. The minimum atomic E-state index is -0.391. The van der Waals surface area contributed by atoms with Gasteiger partial charge in [-0.05, 0) is 36.2 Å². The van der Waals surface area contributed by atoms with E-state index in [1.165, 1.54) is 0 Å². The average Bonchev–Trinajstić information content (AvgIpc) is 2.79. The molecular weight excluding hydrogens is 376 g/mol. The molecule has 0 aliphatic carbocycles. The van der Waals surface area contributed by atoms with Crippen LogP contribution in [0.3, 0.4) is 0 Å². The molecule has 1 amide bonds. The molecule has 0 saturated carbocycles. The number of amides is 1. The smallest absolute Gasteiger partial charge is 0.255 e. The van der Waals surface area contributed by atoms with Crippen molar-refractivity contribution in [3.05, 3.63) is 77.5 Å². The highest BCUT2D eigenvalue weighted by molar-refractivity contribution is 6.02. The standard InChI is InChI=1S/C24H22N4O2/c1-16-23(24(29)28-22-15-26-10-11-30-22)20(19-9-5-6-17(12-19)14-25)13-21(27-16)18-7-3-2-4-8-18/h2-9,12-13,22,26H,10-11,15H2,1H3,(H,28,29). The molecule has 2 N–H and O–H groups in total. The molecule has 1 atom stereocenters. The number of morpholine rings is 1. The van der Waals surface area contributed by atoms with Gasteiger partial charge in [0.1, 0.15) is 6.23 Å². The summed E-state index contributed by atoms with van der Waals surface area (Å²) in [5, 5.41) is 15.5. The van der Waals surface area contributed by atoms with Crippen molar-refractivity contribution in [1.29, 1.82) is 5.26 Å². The molecule has 0 bridgehead atoms. The van der Waals surface area contributed by atoms with E-state index in [9.17, 15) is 10.1 Å². The van der Waals surface area contributed by atoms with Crippen LogP contribution in [0, 0.1) is 18.3 Å². The highest BCUT2D eigenvalue weighted by Crippen LogP contribution is 2.31. The summed E-state index contributed by atoms with van der Waals surface area (Å²) >= 11 is 0. The predicted octanol–water partition coefficient (Wildman–Crippen LogP) is 3.27. The van der Waals surface area contributed by atoms with Gasteiger partial charge in [-0.1, -0.05) is 42.5 Å². The second-order valence-corrected chi connectivity index (χ2v) is 7.11. The van der Waals surface area contributed by atoms with Gasteiger partial charge >= 0.3 is 0 Å².